The first-order valence-electron chi connectivity index (χ1n) is 12.3. The van der Waals surface area contributed by atoms with Gasteiger partial charge in [-0.05, 0) is 78.9 Å². The number of fused-ring (bicyclic) bond motifs is 5. The molecule has 0 aromatic carbocycles. The highest BCUT2D eigenvalue weighted by Gasteiger charge is 2.68. The van der Waals surface area contributed by atoms with Crippen LogP contribution >= 0.6 is 0 Å². The number of ether oxygens (including phenoxy) is 1. The molecule has 1 heterocycles. The zero-order valence-electron chi connectivity index (χ0n) is 20.4. The number of hydrogen-bond donors (Lipinski definition) is 1. The summed E-state index contributed by atoms with van der Waals surface area (Å²) in [6.45, 7) is 13.5. The van der Waals surface area contributed by atoms with Crippen molar-refractivity contribution in [2.45, 2.75) is 79.2 Å². The van der Waals surface area contributed by atoms with Crippen molar-refractivity contribution in [1.29, 1.82) is 0 Å². The number of carbonyl (C=O) groups excluding carboxylic acids is 1. The van der Waals surface area contributed by atoms with E-state index in [2.05, 4.69) is 52.8 Å². The van der Waals surface area contributed by atoms with Crippen molar-refractivity contribution >= 4 is 5.78 Å². The zero-order chi connectivity index (χ0) is 23.1. The van der Waals surface area contributed by atoms with E-state index < -0.39 is 11.5 Å². The predicted octanol–water partition coefficient (Wildman–Crippen LogP) is 6.03. The molecule has 4 heteroatoms. The molecule has 2 saturated carbocycles. The molecular formula is C28H38O4. The molecule has 4 nitrogen and oxygen atoms in total. The molecule has 0 bridgehead atoms. The summed E-state index contributed by atoms with van der Waals surface area (Å²) in [5.41, 5.74) is 1.62. The lowest BCUT2D eigenvalue weighted by Gasteiger charge is -2.66. The largest absolute Gasteiger partial charge is 0.490 e. The second-order valence-corrected chi connectivity index (χ2v) is 11.9. The van der Waals surface area contributed by atoms with Crippen LogP contribution in [0.2, 0.25) is 0 Å². The van der Waals surface area contributed by atoms with Crippen LogP contribution in [0.1, 0.15) is 78.7 Å². The highest BCUT2D eigenvalue weighted by molar-refractivity contribution is 5.99. The molecule has 7 atom stereocenters. The highest BCUT2D eigenvalue weighted by atomic mass is 16.5. The third kappa shape index (κ3) is 2.56. The van der Waals surface area contributed by atoms with Crippen molar-refractivity contribution in [3.8, 4) is 0 Å². The quantitative estimate of drug-likeness (QED) is 0.585. The monoisotopic (exact) mass is 438 g/mol. The van der Waals surface area contributed by atoms with Gasteiger partial charge in [0, 0.05) is 10.8 Å². The molecule has 0 spiro atoms. The third-order valence-electron chi connectivity index (χ3n) is 10.2. The van der Waals surface area contributed by atoms with Crippen LogP contribution in [-0.2, 0) is 9.53 Å². The maximum atomic E-state index is 13.3. The molecule has 5 rings (SSSR count). The first-order chi connectivity index (χ1) is 15.0. The van der Waals surface area contributed by atoms with E-state index in [-0.39, 0.29) is 33.9 Å². The first kappa shape index (κ1) is 22.0. The second-order valence-electron chi connectivity index (χ2n) is 11.9. The summed E-state index contributed by atoms with van der Waals surface area (Å²) in [5, 5.41) is 11.8. The normalized spacial score (nSPS) is 44.8. The molecule has 2 unspecified atom stereocenters. The van der Waals surface area contributed by atoms with E-state index in [0.29, 0.717) is 24.7 Å². The van der Waals surface area contributed by atoms with Crippen LogP contribution in [0.3, 0.4) is 0 Å². The number of ketones is 1. The summed E-state index contributed by atoms with van der Waals surface area (Å²) in [7, 11) is 0. The molecule has 1 aromatic rings. The molecule has 0 radical (unpaired) electrons. The number of allylic oxidation sites excluding steroid dienone is 3. The van der Waals surface area contributed by atoms with Gasteiger partial charge in [-0.15, -0.1) is 0 Å². The number of furan rings is 1. The smallest absolute Gasteiger partial charge is 0.202 e. The Kier molecular flexibility index (Phi) is 4.71. The third-order valence-corrected chi connectivity index (χ3v) is 10.2. The van der Waals surface area contributed by atoms with Crippen LogP contribution in [0.15, 0.2) is 46.5 Å². The lowest BCUT2D eigenvalue weighted by Crippen LogP contribution is -2.64. The Labute approximate surface area is 192 Å². The number of rotatable bonds is 3. The van der Waals surface area contributed by atoms with Crippen LogP contribution in [-0.4, -0.2) is 23.6 Å². The second kappa shape index (κ2) is 6.85. The van der Waals surface area contributed by atoms with Gasteiger partial charge in [0.1, 0.15) is 0 Å². The summed E-state index contributed by atoms with van der Waals surface area (Å²) in [6, 6.07) is 2.10. The SMILES string of the molecule is CCOC1=C[C@@]2(C)C(C[C@@H](O)[C@@]3(C)C4=CC[C@@H](c5ccoc5)[C@]4(C)CCC23)C(C)(C)C1=O. The van der Waals surface area contributed by atoms with Crippen molar-refractivity contribution in [1.82, 2.24) is 0 Å². The molecule has 1 aromatic heterocycles. The topological polar surface area (TPSA) is 59.7 Å². The minimum absolute atomic E-state index is 0.0196. The van der Waals surface area contributed by atoms with Gasteiger partial charge in [-0.1, -0.05) is 46.3 Å². The van der Waals surface area contributed by atoms with Gasteiger partial charge in [0.2, 0.25) is 5.78 Å². The molecule has 174 valence electrons. The average Bonchev–Trinajstić information content (AvgIpc) is 3.36. The van der Waals surface area contributed by atoms with Crippen molar-refractivity contribution < 1.29 is 19.1 Å². The predicted molar refractivity (Wildman–Crippen MR) is 124 cm³/mol. The van der Waals surface area contributed by atoms with E-state index in [1.165, 1.54) is 11.1 Å². The number of aliphatic hydroxyl groups is 1. The standard InChI is InChI=1S/C28H38O4/c1-7-32-19-15-27(5)21-10-12-26(4)18(17-11-13-31-16-17)8-9-20(26)28(21,6)23(29)14-22(27)25(2,3)24(19)30/h9,11,13,15-16,18,21-23,29H,7-8,10,12,14H2,1-6H3/t18-,21?,22?,23+,26-,27+,28-/m0/s1. The average molecular weight is 439 g/mol. The Hall–Kier alpha value is -1.81. The summed E-state index contributed by atoms with van der Waals surface area (Å²) in [5.74, 6) is 1.36. The molecular weight excluding hydrogens is 400 g/mol. The van der Waals surface area contributed by atoms with Gasteiger partial charge in [0.05, 0.1) is 25.2 Å². The Morgan fingerprint density at radius 3 is 2.59 bits per heavy atom. The Morgan fingerprint density at radius 1 is 1.19 bits per heavy atom. The Bertz CT molecular complexity index is 985. The van der Waals surface area contributed by atoms with Gasteiger partial charge in [0.15, 0.2) is 5.76 Å². The van der Waals surface area contributed by atoms with E-state index in [1.807, 2.05) is 13.2 Å². The summed E-state index contributed by atoms with van der Waals surface area (Å²) in [6.07, 6.45) is 11.5. The maximum absolute atomic E-state index is 13.3. The first-order valence-corrected chi connectivity index (χ1v) is 12.3. The van der Waals surface area contributed by atoms with Crippen molar-refractivity contribution in [2.75, 3.05) is 6.61 Å². The lowest BCUT2D eigenvalue weighted by atomic mass is 9.38. The van der Waals surface area contributed by atoms with Crippen molar-refractivity contribution in [3.63, 3.8) is 0 Å². The zero-order valence-corrected chi connectivity index (χ0v) is 20.4. The van der Waals surface area contributed by atoms with Crippen LogP contribution in [0.5, 0.6) is 0 Å². The Morgan fingerprint density at radius 2 is 1.94 bits per heavy atom. The number of Topliss-reactive ketones (excluding diaryl/α,β-unsaturated/α-hetero) is 1. The fourth-order valence-electron chi connectivity index (χ4n) is 8.66. The van der Waals surface area contributed by atoms with Gasteiger partial charge in [0.25, 0.3) is 0 Å². The summed E-state index contributed by atoms with van der Waals surface area (Å²) < 4.78 is 11.3. The van der Waals surface area contributed by atoms with Gasteiger partial charge in [-0.25, -0.2) is 0 Å². The van der Waals surface area contributed by atoms with Crippen LogP contribution in [0, 0.1) is 33.5 Å². The van der Waals surface area contributed by atoms with Crippen LogP contribution in [0.4, 0.5) is 0 Å². The van der Waals surface area contributed by atoms with E-state index in [4.69, 9.17) is 9.15 Å². The van der Waals surface area contributed by atoms with Crippen LogP contribution in [0.25, 0.3) is 0 Å². The highest BCUT2D eigenvalue weighted by Crippen LogP contribution is 2.72. The van der Waals surface area contributed by atoms with Gasteiger partial charge in [-0.2, -0.15) is 0 Å². The van der Waals surface area contributed by atoms with Crippen molar-refractivity contribution in [3.05, 3.63) is 47.6 Å². The number of aliphatic hydroxyl groups excluding tert-OH is 1. The molecule has 4 aliphatic rings. The number of carbonyl (C=O) groups is 1. The van der Waals surface area contributed by atoms with E-state index >= 15 is 0 Å². The Balaban J connectivity index is 1.62. The minimum atomic E-state index is -0.555. The maximum Gasteiger partial charge on any atom is 0.202 e. The molecule has 0 aliphatic heterocycles. The van der Waals surface area contributed by atoms with E-state index in [9.17, 15) is 9.90 Å². The summed E-state index contributed by atoms with van der Waals surface area (Å²) in [4.78, 5) is 13.3. The lowest BCUT2D eigenvalue weighted by molar-refractivity contribution is -0.168. The van der Waals surface area contributed by atoms with E-state index in [0.717, 1.165) is 19.3 Å². The van der Waals surface area contributed by atoms with Gasteiger partial charge in [-0.3, -0.25) is 4.79 Å². The molecule has 1 N–H and O–H groups in total. The summed E-state index contributed by atoms with van der Waals surface area (Å²) >= 11 is 0. The van der Waals surface area contributed by atoms with Crippen molar-refractivity contribution in [2.24, 2.45) is 33.5 Å². The number of hydrogen-bond acceptors (Lipinski definition) is 4. The molecule has 0 amide bonds. The van der Waals surface area contributed by atoms with Crippen LogP contribution < -0.4 is 0 Å². The van der Waals surface area contributed by atoms with Gasteiger partial charge >= 0.3 is 0 Å². The van der Waals surface area contributed by atoms with E-state index in [1.54, 1.807) is 6.26 Å². The fourth-order valence-corrected chi connectivity index (χ4v) is 8.66. The molecule has 0 saturated heterocycles. The minimum Gasteiger partial charge on any atom is -0.490 e. The van der Waals surface area contributed by atoms with Gasteiger partial charge < -0.3 is 14.3 Å². The molecule has 32 heavy (non-hydrogen) atoms. The molecule has 2 fully saturated rings. The molecule has 4 aliphatic carbocycles. The fraction of sp³-hybridized carbons (Fsp3) is 0.679.